The molecule has 3 saturated heterocycles. The van der Waals surface area contributed by atoms with Gasteiger partial charge in [0.25, 0.3) is 5.91 Å². The van der Waals surface area contributed by atoms with Crippen LogP contribution in [0, 0.1) is 11.8 Å². The summed E-state index contributed by atoms with van der Waals surface area (Å²) in [4.78, 5) is 47.6. The van der Waals surface area contributed by atoms with E-state index in [-0.39, 0.29) is 31.6 Å². The lowest BCUT2D eigenvalue weighted by atomic mass is 9.65. The SMILES string of the molecule is C=CCCOC(=O)[C@H]1[C@H]2C(=O)N([C@H](C)CO)C(C(=O)N(CC=C)c3ccc(N(CC)CC)cc3)C23CC[C@]1(CC)O3. The number of anilines is 2. The zero-order valence-electron chi connectivity index (χ0n) is 24.9. The van der Waals surface area contributed by atoms with Crippen molar-refractivity contribution < 1.29 is 29.0 Å². The predicted molar refractivity (Wildman–Crippen MR) is 159 cm³/mol. The molecule has 1 aromatic carbocycles. The molecule has 0 aliphatic carbocycles. The molecule has 41 heavy (non-hydrogen) atoms. The minimum atomic E-state index is -1.20. The number of likely N-dealkylation sites (tertiary alicyclic amines) is 1. The summed E-state index contributed by atoms with van der Waals surface area (Å²) in [5, 5.41) is 10.2. The number of nitrogens with zero attached hydrogens (tertiary/aromatic N) is 3. The number of amides is 2. The lowest BCUT2D eigenvalue weighted by molar-refractivity contribution is -0.161. The summed E-state index contributed by atoms with van der Waals surface area (Å²) in [5.74, 6) is -2.84. The Balaban J connectivity index is 1.77. The maximum absolute atomic E-state index is 14.6. The Kier molecular flexibility index (Phi) is 9.29. The van der Waals surface area contributed by atoms with Crippen LogP contribution in [-0.4, -0.2) is 83.9 Å². The third-order valence-electron chi connectivity index (χ3n) is 9.28. The van der Waals surface area contributed by atoms with Gasteiger partial charge in [0, 0.05) is 31.0 Å². The Morgan fingerprint density at radius 3 is 2.37 bits per heavy atom. The molecular weight excluding hydrogens is 522 g/mol. The first kappa shape index (κ1) is 30.8. The Morgan fingerprint density at radius 2 is 1.80 bits per heavy atom. The first-order valence-corrected chi connectivity index (χ1v) is 14.9. The number of benzene rings is 1. The van der Waals surface area contributed by atoms with Gasteiger partial charge in [-0.15, -0.1) is 13.2 Å². The third-order valence-corrected chi connectivity index (χ3v) is 9.28. The largest absolute Gasteiger partial charge is 0.465 e. The van der Waals surface area contributed by atoms with Gasteiger partial charge in [0.15, 0.2) is 0 Å². The highest BCUT2D eigenvalue weighted by Crippen LogP contribution is 2.64. The number of rotatable bonds is 14. The number of carbonyl (C=O) groups is 3. The lowest BCUT2D eigenvalue weighted by Gasteiger charge is -2.38. The Bertz CT molecular complexity index is 1150. The molecule has 0 aromatic heterocycles. The minimum Gasteiger partial charge on any atom is -0.465 e. The summed E-state index contributed by atoms with van der Waals surface area (Å²) in [6.07, 6.45) is 5.34. The topological polar surface area (TPSA) is 99.6 Å². The molecule has 9 heteroatoms. The summed E-state index contributed by atoms with van der Waals surface area (Å²) in [7, 11) is 0. The van der Waals surface area contributed by atoms with Gasteiger partial charge in [0.1, 0.15) is 17.6 Å². The summed E-state index contributed by atoms with van der Waals surface area (Å²) < 4.78 is 12.4. The van der Waals surface area contributed by atoms with Crippen molar-refractivity contribution in [2.24, 2.45) is 11.8 Å². The summed E-state index contributed by atoms with van der Waals surface area (Å²) >= 11 is 0. The van der Waals surface area contributed by atoms with Gasteiger partial charge >= 0.3 is 5.97 Å². The second-order valence-electron chi connectivity index (χ2n) is 11.3. The van der Waals surface area contributed by atoms with Crippen molar-refractivity contribution >= 4 is 29.2 Å². The monoisotopic (exact) mass is 567 g/mol. The van der Waals surface area contributed by atoms with Crippen molar-refractivity contribution in [3.05, 3.63) is 49.6 Å². The standard InChI is InChI=1S/C32H45N3O6/c1-7-12-20-40-30(39)26-25-28(37)35(22(6)21-36)27(32(25)18-17-31(26,9-3)41-32)29(38)34(19-8-2)24-15-13-23(14-16-24)33(10-4)11-5/h7-8,13-16,22,25-27,36H,1-2,9-12,17-21H2,3-6H3/t22-,25+,26-,27?,31+,32?/m1/s1. The lowest BCUT2D eigenvalue weighted by Crippen LogP contribution is -2.58. The molecule has 2 amide bonds. The average molecular weight is 568 g/mol. The molecule has 1 aromatic rings. The summed E-state index contributed by atoms with van der Waals surface area (Å²) in [6.45, 7) is 17.2. The number of fused-ring (bicyclic) bond motifs is 1. The molecule has 1 N–H and O–H groups in total. The molecule has 3 aliphatic heterocycles. The fraction of sp³-hybridized carbons (Fsp3) is 0.594. The zero-order valence-corrected chi connectivity index (χ0v) is 24.9. The maximum atomic E-state index is 14.6. The van der Waals surface area contributed by atoms with E-state index in [0.717, 1.165) is 18.8 Å². The second kappa shape index (κ2) is 12.4. The van der Waals surface area contributed by atoms with E-state index in [1.165, 1.54) is 4.90 Å². The van der Waals surface area contributed by atoms with E-state index < -0.39 is 41.1 Å². The molecule has 224 valence electrons. The maximum Gasteiger partial charge on any atom is 0.312 e. The van der Waals surface area contributed by atoms with E-state index in [2.05, 4.69) is 31.9 Å². The van der Waals surface area contributed by atoms with Crippen LogP contribution in [0.15, 0.2) is 49.6 Å². The highest BCUT2D eigenvalue weighted by atomic mass is 16.6. The number of ether oxygens (including phenoxy) is 2. The third kappa shape index (κ3) is 4.97. The van der Waals surface area contributed by atoms with E-state index in [9.17, 15) is 19.5 Å². The van der Waals surface area contributed by atoms with Crippen molar-refractivity contribution in [2.75, 3.05) is 42.6 Å². The van der Waals surface area contributed by atoms with Crippen LogP contribution in [0.5, 0.6) is 0 Å². The second-order valence-corrected chi connectivity index (χ2v) is 11.3. The van der Waals surface area contributed by atoms with Gasteiger partial charge in [-0.3, -0.25) is 14.4 Å². The van der Waals surface area contributed by atoms with Gasteiger partial charge in [0.2, 0.25) is 5.91 Å². The van der Waals surface area contributed by atoms with Crippen LogP contribution in [0.1, 0.15) is 53.4 Å². The molecule has 3 heterocycles. The van der Waals surface area contributed by atoms with Crippen LogP contribution in [0.3, 0.4) is 0 Å². The van der Waals surface area contributed by atoms with E-state index >= 15 is 0 Å². The van der Waals surface area contributed by atoms with Gasteiger partial charge in [-0.2, -0.15) is 0 Å². The molecule has 0 radical (unpaired) electrons. The van der Waals surface area contributed by atoms with Crippen molar-refractivity contribution in [2.45, 2.75) is 76.7 Å². The molecule has 2 unspecified atom stereocenters. The quantitative estimate of drug-likeness (QED) is 0.208. The molecule has 6 atom stereocenters. The normalized spacial score (nSPS) is 28.8. The van der Waals surface area contributed by atoms with Gasteiger partial charge in [-0.1, -0.05) is 19.1 Å². The van der Waals surface area contributed by atoms with Crippen LogP contribution >= 0.6 is 0 Å². The smallest absolute Gasteiger partial charge is 0.312 e. The summed E-state index contributed by atoms with van der Waals surface area (Å²) in [6, 6.07) is 6.12. The van der Waals surface area contributed by atoms with E-state index in [1.54, 1.807) is 24.0 Å². The zero-order chi connectivity index (χ0) is 29.9. The highest BCUT2D eigenvalue weighted by Gasteiger charge is 2.79. The highest BCUT2D eigenvalue weighted by molar-refractivity contribution is 6.05. The van der Waals surface area contributed by atoms with Crippen LogP contribution in [0.4, 0.5) is 11.4 Å². The van der Waals surface area contributed by atoms with Crippen molar-refractivity contribution in [1.82, 2.24) is 4.90 Å². The molecule has 9 nitrogen and oxygen atoms in total. The van der Waals surface area contributed by atoms with E-state index in [0.29, 0.717) is 31.4 Å². The summed E-state index contributed by atoms with van der Waals surface area (Å²) in [5.41, 5.74) is -0.354. The molecule has 1 spiro atoms. The Labute approximate surface area is 243 Å². The number of esters is 1. The Hall–Kier alpha value is -3.17. The fourth-order valence-corrected chi connectivity index (χ4v) is 7.22. The average Bonchev–Trinajstić information content (AvgIpc) is 3.60. The number of hydrogen-bond donors (Lipinski definition) is 1. The first-order valence-electron chi connectivity index (χ1n) is 14.9. The van der Waals surface area contributed by atoms with Crippen molar-refractivity contribution in [1.29, 1.82) is 0 Å². The number of aliphatic hydroxyl groups excluding tert-OH is 1. The van der Waals surface area contributed by atoms with Crippen LogP contribution < -0.4 is 9.80 Å². The van der Waals surface area contributed by atoms with E-state index in [1.807, 2.05) is 31.2 Å². The van der Waals surface area contributed by atoms with Crippen LogP contribution in [-0.2, 0) is 23.9 Å². The van der Waals surface area contributed by atoms with E-state index in [4.69, 9.17) is 9.47 Å². The van der Waals surface area contributed by atoms with Crippen LogP contribution in [0.25, 0.3) is 0 Å². The first-order chi connectivity index (χ1) is 19.7. The predicted octanol–water partition coefficient (Wildman–Crippen LogP) is 3.71. The van der Waals surface area contributed by atoms with Crippen molar-refractivity contribution in [3.8, 4) is 0 Å². The fourth-order valence-electron chi connectivity index (χ4n) is 7.22. The van der Waals surface area contributed by atoms with Gasteiger partial charge in [0.05, 0.1) is 30.8 Å². The van der Waals surface area contributed by atoms with Crippen LogP contribution in [0.2, 0.25) is 0 Å². The molecule has 4 rings (SSSR count). The van der Waals surface area contributed by atoms with Gasteiger partial charge in [-0.25, -0.2) is 0 Å². The Morgan fingerprint density at radius 1 is 1.15 bits per heavy atom. The number of aliphatic hydroxyl groups is 1. The molecule has 3 fully saturated rings. The van der Waals surface area contributed by atoms with Crippen molar-refractivity contribution in [3.63, 3.8) is 0 Å². The molecular formula is C32H45N3O6. The molecule has 0 saturated carbocycles. The minimum absolute atomic E-state index is 0.169. The van der Waals surface area contributed by atoms with Gasteiger partial charge < -0.3 is 29.3 Å². The molecule has 3 aliphatic rings. The number of carbonyl (C=O) groups excluding carboxylic acids is 3. The van der Waals surface area contributed by atoms with Gasteiger partial charge in [-0.05, 0) is 70.7 Å². The number of hydrogen-bond acceptors (Lipinski definition) is 7. The molecule has 2 bridgehead atoms.